The van der Waals surface area contributed by atoms with Crippen LogP contribution in [0.15, 0.2) is 18.2 Å². The first-order valence-corrected chi connectivity index (χ1v) is 10.8. The van der Waals surface area contributed by atoms with E-state index in [2.05, 4.69) is 12.2 Å². The molecule has 146 valence electrons. The van der Waals surface area contributed by atoms with Crippen molar-refractivity contribution in [1.29, 1.82) is 0 Å². The average Bonchev–Trinajstić information content (AvgIpc) is 2.62. The van der Waals surface area contributed by atoms with Gasteiger partial charge in [-0.3, -0.25) is 4.79 Å². The number of carbonyl (C=O) groups excluding carboxylic acids is 1. The second-order valence-electron chi connectivity index (χ2n) is 6.51. The molecule has 1 amide bonds. The van der Waals surface area contributed by atoms with E-state index in [0.29, 0.717) is 43.2 Å². The predicted octanol–water partition coefficient (Wildman–Crippen LogP) is 2.48. The molecular formula is C18H28N2O5S. The summed E-state index contributed by atoms with van der Waals surface area (Å²) in [5.74, 6) is 0.619. The molecular weight excluding hydrogens is 356 g/mol. The molecule has 1 aromatic rings. The minimum Gasteiger partial charge on any atom is -0.497 e. The van der Waals surface area contributed by atoms with Gasteiger partial charge in [0.05, 0.1) is 31.6 Å². The van der Waals surface area contributed by atoms with Gasteiger partial charge in [-0.05, 0) is 31.4 Å². The van der Waals surface area contributed by atoms with Crippen LogP contribution in [-0.4, -0.2) is 51.7 Å². The van der Waals surface area contributed by atoms with Crippen molar-refractivity contribution >= 4 is 21.6 Å². The lowest BCUT2D eigenvalue weighted by atomic mass is 9.98. The Kier molecular flexibility index (Phi) is 7.28. The zero-order valence-corrected chi connectivity index (χ0v) is 16.5. The highest BCUT2D eigenvalue weighted by Crippen LogP contribution is 2.30. The van der Waals surface area contributed by atoms with Crippen molar-refractivity contribution in [2.75, 3.05) is 38.4 Å². The predicted molar refractivity (Wildman–Crippen MR) is 101 cm³/mol. The Balaban J connectivity index is 2.11. The van der Waals surface area contributed by atoms with Crippen LogP contribution < -0.4 is 14.8 Å². The van der Waals surface area contributed by atoms with Gasteiger partial charge >= 0.3 is 0 Å². The number of hydrogen-bond donors (Lipinski definition) is 1. The molecule has 2 rings (SSSR count). The molecule has 0 saturated carbocycles. The van der Waals surface area contributed by atoms with E-state index in [1.165, 1.54) is 10.6 Å². The summed E-state index contributed by atoms with van der Waals surface area (Å²) in [6.45, 7) is 3.32. The van der Waals surface area contributed by atoms with Crippen molar-refractivity contribution in [3.8, 4) is 11.5 Å². The molecule has 1 N–H and O–H groups in total. The number of nitrogens with one attached hydrogen (secondary N) is 1. The third-order valence-corrected chi connectivity index (χ3v) is 5.69. The topological polar surface area (TPSA) is 84.9 Å². The van der Waals surface area contributed by atoms with E-state index in [0.717, 1.165) is 12.8 Å². The number of ether oxygens (including phenoxy) is 2. The lowest BCUT2D eigenvalue weighted by Gasteiger charge is -2.30. The fourth-order valence-corrected chi connectivity index (χ4v) is 3.79. The normalized spacial score (nSPS) is 18.3. The molecule has 26 heavy (non-hydrogen) atoms. The van der Waals surface area contributed by atoms with Gasteiger partial charge in [-0.15, -0.1) is 0 Å². The number of amides is 1. The van der Waals surface area contributed by atoms with Gasteiger partial charge in [0.25, 0.3) is 0 Å². The summed E-state index contributed by atoms with van der Waals surface area (Å²) in [6.07, 6.45) is 4.44. The molecule has 0 unspecified atom stereocenters. The minimum absolute atomic E-state index is 0.202. The molecule has 1 aromatic carbocycles. The molecule has 1 aliphatic heterocycles. The first-order chi connectivity index (χ1) is 12.3. The third kappa shape index (κ3) is 5.60. The number of nitrogens with zero attached hydrogens (tertiary/aromatic N) is 1. The van der Waals surface area contributed by atoms with E-state index in [1.54, 1.807) is 25.3 Å². The lowest BCUT2D eigenvalue weighted by Crippen LogP contribution is -2.43. The molecule has 0 spiro atoms. The zero-order valence-electron chi connectivity index (χ0n) is 15.7. The summed E-state index contributed by atoms with van der Waals surface area (Å²) in [6, 6.07) is 5.27. The second kappa shape index (κ2) is 9.23. The van der Waals surface area contributed by atoms with Crippen LogP contribution >= 0.6 is 0 Å². The van der Waals surface area contributed by atoms with Crippen molar-refractivity contribution in [2.45, 2.75) is 32.6 Å². The monoisotopic (exact) mass is 384 g/mol. The SMILES string of the molecule is CCCCOc1ccc(OC)cc1NC(=O)[C@@H]1CCCN(S(C)(=O)=O)C1. The first-order valence-electron chi connectivity index (χ1n) is 8.92. The van der Waals surface area contributed by atoms with Gasteiger partial charge in [0.15, 0.2) is 0 Å². The number of carbonyl (C=O) groups is 1. The number of unbranched alkanes of at least 4 members (excludes halogenated alkanes) is 1. The highest BCUT2D eigenvalue weighted by Gasteiger charge is 2.30. The van der Waals surface area contributed by atoms with Gasteiger partial charge in [-0.25, -0.2) is 12.7 Å². The Morgan fingerprint density at radius 3 is 2.81 bits per heavy atom. The Labute approximate surface area is 155 Å². The van der Waals surface area contributed by atoms with Gasteiger partial charge in [0.1, 0.15) is 11.5 Å². The fraction of sp³-hybridized carbons (Fsp3) is 0.611. The fourth-order valence-electron chi connectivity index (χ4n) is 2.88. The van der Waals surface area contributed by atoms with E-state index in [9.17, 15) is 13.2 Å². The third-order valence-electron chi connectivity index (χ3n) is 4.42. The highest BCUT2D eigenvalue weighted by atomic mass is 32.2. The Hall–Kier alpha value is -1.80. The van der Waals surface area contributed by atoms with E-state index < -0.39 is 10.0 Å². The largest absolute Gasteiger partial charge is 0.497 e. The van der Waals surface area contributed by atoms with Gasteiger partial charge in [-0.2, -0.15) is 0 Å². The number of anilines is 1. The maximum absolute atomic E-state index is 12.7. The Morgan fingerprint density at radius 1 is 1.38 bits per heavy atom. The number of benzene rings is 1. The summed E-state index contributed by atoms with van der Waals surface area (Å²) < 4.78 is 35.9. The average molecular weight is 384 g/mol. The number of piperidine rings is 1. The maximum atomic E-state index is 12.7. The van der Waals surface area contributed by atoms with Gasteiger partial charge in [-0.1, -0.05) is 13.3 Å². The number of sulfonamides is 1. The molecule has 1 saturated heterocycles. The first kappa shape index (κ1) is 20.5. The molecule has 1 fully saturated rings. The molecule has 0 radical (unpaired) electrons. The van der Waals surface area contributed by atoms with Crippen molar-refractivity contribution in [1.82, 2.24) is 4.31 Å². The molecule has 8 heteroatoms. The van der Waals surface area contributed by atoms with Gasteiger partial charge in [0, 0.05) is 19.2 Å². The van der Waals surface area contributed by atoms with Gasteiger partial charge < -0.3 is 14.8 Å². The van der Waals surface area contributed by atoms with Crippen LogP contribution in [0.4, 0.5) is 5.69 Å². The second-order valence-corrected chi connectivity index (χ2v) is 8.50. The highest BCUT2D eigenvalue weighted by molar-refractivity contribution is 7.88. The van der Waals surface area contributed by atoms with Crippen LogP contribution in [0, 0.1) is 5.92 Å². The summed E-state index contributed by atoms with van der Waals surface area (Å²) in [4.78, 5) is 12.7. The number of hydrogen-bond acceptors (Lipinski definition) is 5. The summed E-state index contributed by atoms with van der Waals surface area (Å²) in [7, 11) is -1.73. The van der Waals surface area contributed by atoms with Crippen LogP contribution in [0.2, 0.25) is 0 Å². The minimum atomic E-state index is -3.29. The lowest BCUT2D eigenvalue weighted by molar-refractivity contribution is -0.120. The standard InChI is InChI=1S/C18H28N2O5S/c1-4-5-11-25-17-9-8-15(24-2)12-16(17)19-18(21)14-7-6-10-20(13-14)26(3,22)23/h8-9,12,14H,4-7,10-11,13H2,1-3H3,(H,19,21)/t14-/m1/s1. The van der Waals surface area contributed by atoms with Crippen molar-refractivity contribution in [3.63, 3.8) is 0 Å². The van der Waals surface area contributed by atoms with Crippen molar-refractivity contribution in [3.05, 3.63) is 18.2 Å². The zero-order chi connectivity index (χ0) is 19.2. The summed E-state index contributed by atoms with van der Waals surface area (Å²) in [5.41, 5.74) is 0.543. The molecule has 7 nitrogen and oxygen atoms in total. The number of methoxy groups -OCH3 is 1. The van der Waals surface area contributed by atoms with E-state index in [1.807, 2.05) is 0 Å². The molecule has 0 aliphatic carbocycles. The van der Waals surface area contributed by atoms with Crippen LogP contribution in [0.25, 0.3) is 0 Å². The van der Waals surface area contributed by atoms with Crippen LogP contribution in [0.3, 0.4) is 0 Å². The Morgan fingerprint density at radius 2 is 2.15 bits per heavy atom. The smallest absolute Gasteiger partial charge is 0.228 e. The van der Waals surface area contributed by atoms with Crippen LogP contribution in [0.1, 0.15) is 32.6 Å². The maximum Gasteiger partial charge on any atom is 0.228 e. The summed E-state index contributed by atoms with van der Waals surface area (Å²) in [5, 5.41) is 2.89. The van der Waals surface area contributed by atoms with E-state index in [-0.39, 0.29) is 18.4 Å². The van der Waals surface area contributed by atoms with Crippen LogP contribution in [0.5, 0.6) is 11.5 Å². The Bertz CT molecular complexity index is 720. The molecule has 1 aliphatic rings. The van der Waals surface area contributed by atoms with E-state index in [4.69, 9.17) is 9.47 Å². The number of rotatable bonds is 8. The van der Waals surface area contributed by atoms with Crippen molar-refractivity contribution < 1.29 is 22.7 Å². The molecule has 0 aromatic heterocycles. The molecule has 1 atom stereocenters. The van der Waals surface area contributed by atoms with Gasteiger partial charge in [0.2, 0.25) is 15.9 Å². The van der Waals surface area contributed by atoms with Crippen molar-refractivity contribution in [2.24, 2.45) is 5.92 Å². The van der Waals surface area contributed by atoms with E-state index >= 15 is 0 Å². The quantitative estimate of drug-likeness (QED) is 0.696. The van der Waals surface area contributed by atoms with Crippen LogP contribution in [-0.2, 0) is 14.8 Å². The summed E-state index contributed by atoms with van der Waals surface area (Å²) >= 11 is 0. The molecule has 0 bridgehead atoms. The molecule has 1 heterocycles.